The van der Waals surface area contributed by atoms with Crippen LogP contribution in [0.2, 0.25) is 0 Å². The standard InChI is InChI=1S/C13H22N4O/c1-2-3-4-10-18-11-6-9-14-8-5-7-13-15-12-16-17-13/h12,14H,4-11H2,1H3,(H,15,16,17). The molecular weight excluding hydrogens is 228 g/mol. The largest absolute Gasteiger partial charge is 0.380 e. The minimum atomic E-state index is 0.742. The first-order valence-corrected chi connectivity index (χ1v) is 6.46. The van der Waals surface area contributed by atoms with E-state index in [1.807, 2.05) is 6.92 Å². The van der Waals surface area contributed by atoms with E-state index in [1.54, 1.807) is 6.33 Å². The van der Waals surface area contributed by atoms with Crippen molar-refractivity contribution in [1.29, 1.82) is 0 Å². The second kappa shape index (κ2) is 10.8. The summed E-state index contributed by atoms with van der Waals surface area (Å²) in [5.74, 6) is 6.78. The van der Waals surface area contributed by atoms with Crippen LogP contribution in [0.3, 0.4) is 0 Å². The lowest BCUT2D eigenvalue weighted by molar-refractivity contribution is 0.137. The Morgan fingerprint density at radius 3 is 3.00 bits per heavy atom. The van der Waals surface area contributed by atoms with E-state index in [1.165, 1.54) is 0 Å². The van der Waals surface area contributed by atoms with E-state index in [-0.39, 0.29) is 0 Å². The van der Waals surface area contributed by atoms with Crippen LogP contribution in [0, 0.1) is 11.8 Å². The normalized spacial score (nSPS) is 10.1. The fraction of sp³-hybridized carbons (Fsp3) is 0.692. The van der Waals surface area contributed by atoms with Gasteiger partial charge in [0.05, 0.1) is 6.61 Å². The Kier molecular flexibility index (Phi) is 8.77. The molecule has 0 unspecified atom stereocenters. The molecule has 1 aromatic rings. The van der Waals surface area contributed by atoms with Crippen LogP contribution in [0.25, 0.3) is 0 Å². The number of aryl methyl sites for hydroxylation is 1. The van der Waals surface area contributed by atoms with Crippen molar-refractivity contribution in [2.75, 3.05) is 26.3 Å². The highest BCUT2D eigenvalue weighted by atomic mass is 16.5. The first kappa shape index (κ1) is 14.7. The number of aromatic nitrogens is 3. The van der Waals surface area contributed by atoms with Crippen molar-refractivity contribution in [3.8, 4) is 11.8 Å². The molecule has 2 N–H and O–H groups in total. The van der Waals surface area contributed by atoms with Crippen LogP contribution < -0.4 is 5.32 Å². The molecule has 0 aliphatic rings. The molecule has 100 valence electrons. The van der Waals surface area contributed by atoms with E-state index >= 15 is 0 Å². The SMILES string of the molecule is CC#CCCOCCCNCCCc1ncn[nH]1. The topological polar surface area (TPSA) is 62.8 Å². The maximum atomic E-state index is 5.44. The van der Waals surface area contributed by atoms with E-state index in [9.17, 15) is 0 Å². The summed E-state index contributed by atoms with van der Waals surface area (Å²) in [6.45, 7) is 5.40. The Hall–Kier alpha value is -1.38. The van der Waals surface area contributed by atoms with Crippen LogP contribution in [0.15, 0.2) is 6.33 Å². The zero-order valence-electron chi connectivity index (χ0n) is 11.0. The zero-order valence-corrected chi connectivity index (χ0v) is 11.0. The number of ether oxygens (including phenoxy) is 1. The summed E-state index contributed by atoms with van der Waals surface area (Å²) in [6.07, 6.45) is 5.44. The monoisotopic (exact) mass is 250 g/mol. The van der Waals surface area contributed by atoms with Crippen LogP contribution >= 0.6 is 0 Å². The van der Waals surface area contributed by atoms with E-state index < -0.39 is 0 Å². The lowest BCUT2D eigenvalue weighted by atomic mass is 10.3. The molecule has 0 saturated carbocycles. The molecule has 0 atom stereocenters. The van der Waals surface area contributed by atoms with Gasteiger partial charge in [-0.1, -0.05) is 0 Å². The number of H-pyrrole nitrogens is 1. The number of aromatic amines is 1. The maximum Gasteiger partial charge on any atom is 0.137 e. The number of hydrogen-bond donors (Lipinski definition) is 2. The third kappa shape index (κ3) is 7.82. The smallest absolute Gasteiger partial charge is 0.137 e. The van der Waals surface area contributed by atoms with E-state index in [0.29, 0.717) is 0 Å². The molecule has 18 heavy (non-hydrogen) atoms. The van der Waals surface area contributed by atoms with Gasteiger partial charge in [0, 0.05) is 19.4 Å². The molecule has 0 bridgehead atoms. The fourth-order valence-corrected chi connectivity index (χ4v) is 1.51. The average Bonchev–Trinajstić information content (AvgIpc) is 2.89. The molecule has 0 radical (unpaired) electrons. The Morgan fingerprint density at radius 1 is 1.33 bits per heavy atom. The molecule has 5 nitrogen and oxygen atoms in total. The molecule has 0 amide bonds. The molecule has 0 aliphatic heterocycles. The van der Waals surface area contributed by atoms with Crippen molar-refractivity contribution < 1.29 is 4.74 Å². The number of hydrogen-bond acceptors (Lipinski definition) is 4. The van der Waals surface area contributed by atoms with E-state index in [2.05, 4.69) is 32.3 Å². The lowest BCUT2D eigenvalue weighted by Gasteiger charge is -2.04. The Balaban J connectivity index is 1.77. The Labute approximate surface area is 109 Å². The van der Waals surface area contributed by atoms with Crippen molar-refractivity contribution in [3.05, 3.63) is 12.2 Å². The van der Waals surface area contributed by atoms with Crippen molar-refractivity contribution in [3.63, 3.8) is 0 Å². The first-order chi connectivity index (χ1) is 8.93. The summed E-state index contributed by atoms with van der Waals surface area (Å²) in [4.78, 5) is 4.07. The molecule has 1 aromatic heterocycles. The van der Waals surface area contributed by atoms with Crippen LogP contribution in [0.4, 0.5) is 0 Å². The average molecular weight is 250 g/mol. The second-order valence-electron chi connectivity index (χ2n) is 3.93. The summed E-state index contributed by atoms with van der Waals surface area (Å²) in [5, 5.41) is 10.0. The number of nitrogens with zero attached hydrogens (tertiary/aromatic N) is 2. The van der Waals surface area contributed by atoms with Gasteiger partial charge in [-0.15, -0.1) is 11.8 Å². The van der Waals surface area contributed by atoms with Crippen LogP contribution in [-0.4, -0.2) is 41.5 Å². The fourth-order valence-electron chi connectivity index (χ4n) is 1.51. The number of nitrogens with one attached hydrogen (secondary N) is 2. The molecule has 0 aliphatic carbocycles. The molecular formula is C13H22N4O. The van der Waals surface area contributed by atoms with Gasteiger partial charge in [0.15, 0.2) is 0 Å². The van der Waals surface area contributed by atoms with Gasteiger partial charge < -0.3 is 10.1 Å². The van der Waals surface area contributed by atoms with Gasteiger partial charge in [-0.05, 0) is 32.9 Å². The maximum absolute atomic E-state index is 5.44. The number of rotatable bonds is 10. The predicted molar refractivity (Wildman–Crippen MR) is 71.1 cm³/mol. The predicted octanol–water partition coefficient (Wildman–Crippen LogP) is 1.15. The van der Waals surface area contributed by atoms with Gasteiger partial charge in [0.25, 0.3) is 0 Å². The third-order valence-corrected chi connectivity index (χ3v) is 2.42. The minimum Gasteiger partial charge on any atom is -0.380 e. The highest BCUT2D eigenvalue weighted by molar-refractivity contribution is 4.94. The quantitative estimate of drug-likeness (QED) is 0.483. The zero-order chi connectivity index (χ0) is 12.9. The Morgan fingerprint density at radius 2 is 2.22 bits per heavy atom. The molecule has 0 fully saturated rings. The van der Waals surface area contributed by atoms with Crippen LogP contribution in [0.5, 0.6) is 0 Å². The van der Waals surface area contributed by atoms with Crippen LogP contribution in [0.1, 0.15) is 32.0 Å². The Bertz CT molecular complexity index is 340. The highest BCUT2D eigenvalue weighted by Gasteiger charge is 1.95. The van der Waals surface area contributed by atoms with Gasteiger partial charge in [-0.2, -0.15) is 5.10 Å². The van der Waals surface area contributed by atoms with Crippen molar-refractivity contribution >= 4 is 0 Å². The highest BCUT2D eigenvalue weighted by Crippen LogP contribution is 1.91. The third-order valence-electron chi connectivity index (χ3n) is 2.42. The van der Waals surface area contributed by atoms with Crippen LogP contribution in [-0.2, 0) is 11.2 Å². The molecule has 5 heteroatoms. The van der Waals surface area contributed by atoms with Gasteiger partial charge in [0.2, 0.25) is 0 Å². The summed E-state index contributed by atoms with van der Waals surface area (Å²) < 4.78 is 5.44. The minimum absolute atomic E-state index is 0.742. The molecule has 0 saturated heterocycles. The van der Waals surface area contributed by atoms with Crippen molar-refractivity contribution in [1.82, 2.24) is 20.5 Å². The van der Waals surface area contributed by atoms with Crippen molar-refractivity contribution in [2.45, 2.75) is 32.6 Å². The van der Waals surface area contributed by atoms with Crippen molar-refractivity contribution in [2.24, 2.45) is 0 Å². The summed E-state index contributed by atoms with van der Waals surface area (Å²) in [5.41, 5.74) is 0. The molecule has 1 heterocycles. The summed E-state index contributed by atoms with van der Waals surface area (Å²) in [7, 11) is 0. The van der Waals surface area contributed by atoms with Gasteiger partial charge >= 0.3 is 0 Å². The van der Waals surface area contributed by atoms with Gasteiger partial charge in [-0.3, -0.25) is 5.10 Å². The first-order valence-electron chi connectivity index (χ1n) is 6.46. The molecule has 0 spiro atoms. The summed E-state index contributed by atoms with van der Waals surface area (Å²) in [6, 6.07) is 0. The molecule has 0 aromatic carbocycles. The van der Waals surface area contributed by atoms with Gasteiger partial charge in [0.1, 0.15) is 12.2 Å². The lowest BCUT2D eigenvalue weighted by Crippen LogP contribution is -2.18. The summed E-state index contributed by atoms with van der Waals surface area (Å²) >= 11 is 0. The second-order valence-corrected chi connectivity index (χ2v) is 3.93. The van der Waals surface area contributed by atoms with E-state index in [0.717, 1.165) is 57.8 Å². The van der Waals surface area contributed by atoms with E-state index in [4.69, 9.17) is 4.74 Å². The molecule has 1 rings (SSSR count). The van der Waals surface area contributed by atoms with Gasteiger partial charge in [-0.25, -0.2) is 4.98 Å².